The number of fused-ring (bicyclic) bond motifs is 1. The summed E-state index contributed by atoms with van der Waals surface area (Å²) in [6.07, 6.45) is 0.490. The average molecular weight is 325 g/mol. The van der Waals surface area contributed by atoms with Crippen LogP contribution in [0, 0.1) is 0 Å². The monoisotopic (exact) mass is 325 g/mol. The van der Waals surface area contributed by atoms with Crippen molar-refractivity contribution in [3.8, 4) is 0 Å². The third kappa shape index (κ3) is 2.57. The lowest BCUT2D eigenvalue weighted by molar-refractivity contribution is -0.694. The number of thiophene rings is 1. The van der Waals surface area contributed by atoms with Crippen LogP contribution in [0.3, 0.4) is 0 Å². The Labute approximate surface area is 117 Å². The molecule has 0 aliphatic carbocycles. The van der Waals surface area contributed by atoms with Gasteiger partial charge in [-0.25, -0.2) is 22.0 Å². The maximum Gasteiger partial charge on any atom is 0.247 e. The van der Waals surface area contributed by atoms with Crippen LogP contribution in [0.4, 0.5) is 0 Å². The van der Waals surface area contributed by atoms with Crippen molar-refractivity contribution in [1.82, 2.24) is 0 Å². The predicted molar refractivity (Wildman–Crippen MR) is 72.2 cm³/mol. The van der Waals surface area contributed by atoms with Gasteiger partial charge in [0.05, 0.1) is 11.8 Å². The smallest absolute Gasteiger partial charge is 0.247 e. The number of sulfonamides is 1. The van der Waals surface area contributed by atoms with Gasteiger partial charge in [-0.3, -0.25) is 0 Å². The third-order valence-corrected chi connectivity index (χ3v) is 8.59. The fourth-order valence-corrected chi connectivity index (χ4v) is 6.74. The van der Waals surface area contributed by atoms with Crippen molar-refractivity contribution >= 4 is 31.2 Å². The highest BCUT2D eigenvalue weighted by atomic mass is 32.3. The van der Waals surface area contributed by atoms with E-state index in [1.807, 2.05) is 12.2 Å². The van der Waals surface area contributed by atoms with Gasteiger partial charge in [0.2, 0.25) is 10.0 Å². The zero-order chi connectivity index (χ0) is 14.4. The summed E-state index contributed by atoms with van der Waals surface area (Å²) in [5.74, 6) is 0. The van der Waals surface area contributed by atoms with E-state index in [0.29, 0.717) is 12.0 Å². The van der Waals surface area contributed by atoms with E-state index in [9.17, 15) is 16.8 Å². The van der Waals surface area contributed by atoms with Crippen LogP contribution in [-0.2, 0) is 19.9 Å². The van der Waals surface area contributed by atoms with Crippen molar-refractivity contribution < 1.29 is 22.2 Å². The molecular weight excluding hydrogens is 308 g/mol. The maximum absolute atomic E-state index is 12.3. The predicted octanol–water partition coefficient (Wildman–Crippen LogP) is -0.414. The molecule has 0 spiro atoms. The first-order valence-corrected chi connectivity index (χ1v) is 9.82. The van der Waals surface area contributed by atoms with Crippen LogP contribution < -0.4 is 10.5 Å². The Bertz CT molecular complexity index is 690. The van der Waals surface area contributed by atoms with Crippen LogP contribution in [0.25, 0.3) is 0 Å². The fraction of sp³-hybridized carbons (Fsp3) is 0.600. The summed E-state index contributed by atoms with van der Waals surface area (Å²) in [5, 5.41) is 6.61. The molecule has 19 heavy (non-hydrogen) atoms. The van der Waals surface area contributed by atoms with Gasteiger partial charge in [0, 0.05) is 12.0 Å². The van der Waals surface area contributed by atoms with E-state index in [1.165, 1.54) is 6.07 Å². The summed E-state index contributed by atoms with van der Waals surface area (Å²) in [6, 6.07) is 1.39. The number of primary sulfonamides is 1. The lowest BCUT2D eigenvalue weighted by Crippen LogP contribution is -2.85. The normalized spacial score (nSPS) is 26.1. The first-order chi connectivity index (χ1) is 8.67. The third-order valence-electron chi connectivity index (χ3n) is 3.28. The molecule has 1 aliphatic rings. The van der Waals surface area contributed by atoms with Crippen molar-refractivity contribution in [2.45, 2.75) is 40.0 Å². The molecule has 1 aromatic rings. The van der Waals surface area contributed by atoms with Gasteiger partial charge in [0.1, 0.15) is 14.5 Å². The van der Waals surface area contributed by atoms with Gasteiger partial charge in [-0.1, -0.05) is 0 Å². The van der Waals surface area contributed by atoms with E-state index in [4.69, 9.17) is 5.14 Å². The average Bonchev–Trinajstić information content (AvgIpc) is 2.72. The molecule has 0 bridgehead atoms. The highest BCUT2D eigenvalue weighted by molar-refractivity contribution is 7.95. The summed E-state index contributed by atoms with van der Waals surface area (Å²) in [4.78, 5) is 0. The fourth-order valence-electron chi connectivity index (χ4n) is 2.29. The molecule has 0 unspecified atom stereocenters. The number of rotatable bonds is 3. The van der Waals surface area contributed by atoms with E-state index < -0.39 is 25.1 Å². The number of hydrogen-bond donors (Lipinski definition) is 2. The van der Waals surface area contributed by atoms with Gasteiger partial charge >= 0.3 is 0 Å². The molecule has 9 heteroatoms. The molecule has 2 rings (SSSR count). The Hall–Kier alpha value is -0.480. The minimum absolute atomic E-state index is 0.0229. The molecule has 0 aromatic carbocycles. The van der Waals surface area contributed by atoms with Gasteiger partial charge in [0.25, 0.3) is 0 Å². The Morgan fingerprint density at radius 2 is 2.16 bits per heavy atom. The lowest BCUT2D eigenvalue weighted by Gasteiger charge is -2.25. The molecule has 0 amide bonds. The summed E-state index contributed by atoms with van der Waals surface area (Å²) in [6.45, 7) is 4.43. The molecule has 2 heterocycles. The summed E-state index contributed by atoms with van der Waals surface area (Å²) in [5.41, 5.74) is 0.578. The number of nitrogens with two attached hydrogens (primary N) is 2. The molecule has 0 fully saturated rings. The number of quaternary nitrogens is 1. The summed E-state index contributed by atoms with van der Waals surface area (Å²) in [7, 11) is -7.30. The van der Waals surface area contributed by atoms with Gasteiger partial charge < -0.3 is 5.32 Å². The van der Waals surface area contributed by atoms with Crippen LogP contribution in [0.1, 0.15) is 31.9 Å². The summed E-state index contributed by atoms with van der Waals surface area (Å²) >= 11 is 0.762. The number of hydrogen-bond acceptors (Lipinski definition) is 5. The van der Waals surface area contributed by atoms with Crippen molar-refractivity contribution in [2.24, 2.45) is 5.14 Å². The first-order valence-electron chi connectivity index (χ1n) is 5.91. The zero-order valence-electron chi connectivity index (χ0n) is 10.7. The Morgan fingerprint density at radius 3 is 2.68 bits per heavy atom. The van der Waals surface area contributed by atoms with Crippen LogP contribution in [0.15, 0.2) is 14.5 Å². The molecule has 0 radical (unpaired) electrons. The molecule has 0 saturated heterocycles. The van der Waals surface area contributed by atoms with Crippen molar-refractivity contribution in [3.63, 3.8) is 0 Å². The Morgan fingerprint density at radius 1 is 1.53 bits per heavy atom. The molecule has 4 N–H and O–H groups in total. The van der Waals surface area contributed by atoms with Gasteiger partial charge in [-0.05, 0) is 19.9 Å². The molecule has 6 nitrogen and oxygen atoms in total. The second-order valence-electron chi connectivity index (χ2n) is 4.70. The van der Waals surface area contributed by atoms with Crippen molar-refractivity contribution in [1.29, 1.82) is 0 Å². The molecule has 0 saturated carbocycles. The quantitative estimate of drug-likeness (QED) is 0.786. The van der Waals surface area contributed by atoms with Crippen LogP contribution in [0.5, 0.6) is 0 Å². The standard InChI is InChI=1S/C10H16N2O4S3/c1-3-12-8-4-6(2)18(13,14)10-7(8)5-9(17-10)19(11,15)16/h5-6,8,12H,3-4H2,1-2H3,(H2,11,15,16)/p+1/t6-,8+/m1/s1. The summed E-state index contributed by atoms with van der Waals surface area (Å²) < 4.78 is 47.4. The lowest BCUT2D eigenvalue weighted by atomic mass is 10.1. The van der Waals surface area contributed by atoms with E-state index in [0.717, 1.165) is 17.9 Å². The number of sulfone groups is 1. The Balaban J connectivity index is 2.64. The van der Waals surface area contributed by atoms with E-state index >= 15 is 0 Å². The van der Waals surface area contributed by atoms with Crippen molar-refractivity contribution in [2.75, 3.05) is 6.54 Å². The highest BCUT2D eigenvalue weighted by Gasteiger charge is 2.40. The van der Waals surface area contributed by atoms with E-state index in [2.05, 4.69) is 0 Å². The zero-order valence-corrected chi connectivity index (χ0v) is 13.1. The Kier molecular flexibility index (Phi) is 3.78. The maximum atomic E-state index is 12.3. The first kappa shape index (κ1) is 14.9. The van der Waals surface area contributed by atoms with Gasteiger partial charge in [0.15, 0.2) is 9.84 Å². The second-order valence-corrected chi connectivity index (χ2v) is 10.1. The van der Waals surface area contributed by atoms with E-state index in [1.54, 1.807) is 6.92 Å². The van der Waals surface area contributed by atoms with Gasteiger partial charge in [-0.15, -0.1) is 11.3 Å². The molecule has 108 valence electrons. The minimum Gasteiger partial charge on any atom is -0.340 e. The second kappa shape index (κ2) is 4.81. The molecule has 1 aliphatic heterocycles. The van der Waals surface area contributed by atoms with Crippen molar-refractivity contribution in [3.05, 3.63) is 11.6 Å². The molecule has 1 aromatic heterocycles. The highest BCUT2D eigenvalue weighted by Crippen LogP contribution is 2.40. The van der Waals surface area contributed by atoms with Gasteiger partial charge in [-0.2, -0.15) is 0 Å². The van der Waals surface area contributed by atoms with Crippen LogP contribution >= 0.6 is 11.3 Å². The molecular formula is C10H17N2O4S3+. The topological polar surface area (TPSA) is 111 Å². The minimum atomic E-state index is -3.86. The largest absolute Gasteiger partial charge is 0.340 e. The SMILES string of the molecule is CC[NH2+][C@H]1C[C@@H](C)S(=O)(=O)c2sc(S(N)(=O)=O)cc21. The molecule has 2 atom stereocenters. The van der Waals surface area contributed by atoms with Crippen LogP contribution in [0.2, 0.25) is 0 Å². The van der Waals surface area contributed by atoms with E-state index in [-0.39, 0.29) is 14.5 Å². The van der Waals surface area contributed by atoms with Crippen LogP contribution in [-0.4, -0.2) is 28.6 Å².